The van der Waals surface area contributed by atoms with Crippen molar-refractivity contribution < 1.29 is 4.79 Å². The Morgan fingerprint density at radius 3 is 2.90 bits per heavy atom. The van der Waals surface area contributed by atoms with Crippen molar-refractivity contribution in [3.63, 3.8) is 0 Å². The Hall–Kier alpha value is -3.29. The molecule has 0 aliphatic rings. The van der Waals surface area contributed by atoms with Gasteiger partial charge in [0.1, 0.15) is 0 Å². The molecular weight excluding hydrogens is 270 g/mol. The number of aromatic amines is 1. The third kappa shape index (κ3) is 3.18. The topological polar surface area (TPSA) is 101 Å². The van der Waals surface area contributed by atoms with E-state index in [0.29, 0.717) is 0 Å². The van der Waals surface area contributed by atoms with Gasteiger partial charge in [-0.05, 0) is 23.4 Å². The smallest absolute Gasteiger partial charge is 0.270 e. The number of H-pyrrole nitrogens is 1. The maximum atomic E-state index is 11.6. The lowest BCUT2D eigenvalue weighted by Crippen LogP contribution is -2.09. The molecule has 104 valence electrons. The van der Waals surface area contributed by atoms with E-state index < -0.39 is 0 Å². The summed E-state index contributed by atoms with van der Waals surface area (Å²) < 4.78 is 1.73. The van der Waals surface area contributed by atoms with Crippen molar-refractivity contribution in [1.29, 1.82) is 0 Å². The summed E-state index contributed by atoms with van der Waals surface area (Å²) in [7, 11) is 0. The molecule has 2 aromatic heterocycles. The van der Waals surface area contributed by atoms with Crippen molar-refractivity contribution in [2.24, 2.45) is 0 Å². The van der Waals surface area contributed by atoms with E-state index in [1.54, 1.807) is 17.0 Å². The lowest BCUT2D eigenvalue weighted by Gasteiger charge is -1.98. The van der Waals surface area contributed by atoms with Crippen molar-refractivity contribution in [3.8, 4) is 5.69 Å². The van der Waals surface area contributed by atoms with Crippen LogP contribution in [0, 0.1) is 0 Å². The van der Waals surface area contributed by atoms with Crippen LogP contribution in [0.4, 0.5) is 5.95 Å². The van der Waals surface area contributed by atoms with Gasteiger partial charge in [0.05, 0.1) is 11.9 Å². The molecule has 0 bridgehead atoms. The Bertz CT molecular complexity index is 746. The summed E-state index contributed by atoms with van der Waals surface area (Å²) in [6.07, 6.45) is 6.53. The third-order valence-corrected chi connectivity index (χ3v) is 2.63. The first-order chi connectivity index (χ1) is 10.3. The number of nitrogens with one attached hydrogen (secondary N) is 2. The van der Waals surface area contributed by atoms with Crippen molar-refractivity contribution >= 4 is 17.9 Å². The highest BCUT2D eigenvalue weighted by Gasteiger charge is 2.02. The Kier molecular flexibility index (Phi) is 3.50. The number of rotatable bonds is 4. The highest BCUT2D eigenvalue weighted by molar-refractivity contribution is 6.00. The van der Waals surface area contributed by atoms with Crippen molar-refractivity contribution in [2.45, 2.75) is 0 Å². The highest BCUT2D eigenvalue weighted by atomic mass is 16.1. The molecule has 1 amide bonds. The van der Waals surface area contributed by atoms with E-state index >= 15 is 0 Å². The van der Waals surface area contributed by atoms with Gasteiger partial charge in [0.2, 0.25) is 0 Å². The van der Waals surface area contributed by atoms with Gasteiger partial charge >= 0.3 is 0 Å². The monoisotopic (exact) mass is 281 g/mol. The minimum atomic E-state index is -0.344. The molecule has 3 aromatic rings. The lowest BCUT2D eigenvalue weighted by molar-refractivity contribution is -0.111. The van der Waals surface area contributed by atoms with Crippen LogP contribution in [-0.4, -0.2) is 36.3 Å². The van der Waals surface area contributed by atoms with E-state index in [0.717, 1.165) is 11.3 Å². The molecule has 0 atom stereocenters. The molecule has 0 aliphatic carbocycles. The highest BCUT2D eigenvalue weighted by Crippen LogP contribution is 2.08. The number of tetrazole rings is 1. The van der Waals surface area contributed by atoms with Gasteiger partial charge in [0, 0.05) is 17.8 Å². The fourth-order valence-corrected chi connectivity index (χ4v) is 1.68. The maximum absolute atomic E-state index is 11.6. The SMILES string of the molecule is O=C(/C=C/c1cnn(-c2ccccc2)c1)Nc1nn[nH]n1. The van der Waals surface area contributed by atoms with Crippen LogP contribution >= 0.6 is 0 Å². The first kappa shape index (κ1) is 12.7. The molecule has 8 nitrogen and oxygen atoms in total. The standard InChI is InChI=1S/C13H11N7O/c21-12(15-13-16-18-19-17-13)7-6-10-8-14-20(9-10)11-4-2-1-3-5-11/h1-9H,(H2,15,16,17,18,19,21)/b7-6+. The fraction of sp³-hybridized carbons (Fsp3) is 0. The molecule has 1 aromatic carbocycles. The summed E-state index contributed by atoms with van der Waals surface area (Å²) in [5.74, 6) is -0.214. The lowest BCUT2D eigenvalue weighted by atomic mass is 10.3. The van der Waals surface area contributed by atoms with Gasteiger partial charge < -0.3 is 0 Å². The normalized spacial score (nSPS) is 10.9. The molecule has 2 heterocycles. The van der Waals surface area contributed by atoms with Crippen molar-refractivity contribution in [3.05, 3.63) is 54.4 Å². The molecular formula is C13H11N7O. The number of para-hydroxylation sites is 1. The van der Waals surface area contributed by atoms with E-state index in [-0.39, 0.29) is 11.9 Å². The van der Waals surface area contributed by atoms with Gasteiger partial charge in [-0.2, -0.15) is 10.3 Å². The van der Waals surface area contributed by atoms with Crippen LogP contribution in [0.2, 0.25) is 0 Å². The maximum Gasteiger partial charge on any atom is 0.270 e. The molecule has 0 aliphatic heterocycles. The Morgan fingerprint density at radius 2 is 2.14 bits per heavy atom. The first-order valence-corrected chi connectivity index (χ1v) is 6.14. The van der Waals surface area contributed by atoms with Gasteiger partial charge in [-0.3, -0.25) is 10.1 Å². The summed E-state index contributed by atoms with van der Waals surface area (Å²) in [6, 6.07) is 9.71. The van der Waals surface area contributed by atoms with Gasteiger partial charge in [-0.1, -0.05) is 23.3 Å². The van der Waals surface area contributed by atoms with Gasteiger partial charge in [0.15, 0.2) is 0 Å². The molecule has 0 fully saturated rings. The summed E-state index contributed by atoms with van der Waals surface area (Å²) in [5, 5.41) is 19.5. The second-order valence-corrected chi connectivity index (χ2v) is 4.11. The predicted molar refractivity (Wildman–Crippen MR) is 75.4 cm³/mol. The summed E-state index contributed by atoms with van der Waals surface area (Å²) in [4.78, 5) is 11.6. The molecule has 0 radical (unpaired) electrons. The minimum absolute atomic E-state index is 0.129. The van der Waals surface area contributed by atoms with Crippen LogP contribution in [0.25, 0.3) is 11.8 Å². The second kappa shape index (κ2) is 5.78. The Morgan fingerprint density at radius 1 is 1.29 bits per heavy atom. The molecule has 0 saturated carbocycles. The molecule has 0 saturated heterocycles. The average Bonchev–Trinajstić information content (AvgIpc) is 3.17. The summed E-state index contributed by atoms with van der Waals surface area (Å²) >= 11 is 0. The quantitative estimate of drug-likeness (QED) is 0.696. The van der Waals surface area contributed by atoms with Crippen LogP contribution in [-0.2, 0) is 4.79 Å². The number of benzene rings is 1. The summed E-state index contributed by atoms with van der Waals surface area (Å²) in [5.41, 5.74) is 1.76. The number of carbonyl (C=O) groups is 1. The zero-order valence-corrected chi connectivity index (χ0v) is 10.8. The van der Waals surface area contributed by atoms with E-state index in [4.69, 9.17) is 0 Å². The van der Waals surface area contributed by atoms with Crippen LogP contribution in [0.1, 0.15) is 5.56 Å². The molecule has 0 unspecified atom stereocenters. The zero-order valence-electron chi connectivity index (χ0n) is 10.8. The number of aromatic nitrogens is 6. The fourth-order valence-electron chi connectivity index (χ4n) is 1.68. The van der Waals surface area contributed by atoms with Crippen LogP contribution in [0.5, 0.6) is 0 Å². The number of hydrogen-bond donors (Lipinski definition) is 2. The van der Waals surface area contributed by atoms with Crippen LogP contribution in [0.15, 0.2) is 48.8 Å². The van der Waals surface area contributed by atoms with E-state index in [1.165, 1.54) is 6.08 Å². The van der Waals surface area contributed by atoms with E-state index in [2.05, 4.69) is 31.0 Å². The van der Waals surface area contributed by atoms with Crippen LogP contribution < -0.4 is 5.32 Å². The Labute approximate surface area is 119 Å². The second-order valence-electron chi connectivity index (χ2n) is 4.11. The summed E-state index contributed by atoms with van der Waals surface area (Å²) in [6.45, 7) is 0. The van der Waals surface area contributed by atoms with Crippen molar-refractivity contribution in [1.82, 2.24) is 30.4 Å². The Balaban J connectivity index is 1.67. The minimum Gasteiger partial charge on any atom is -0.288 e. The van der Waals surface area contributed by atoms with Gasteiger partial charge in [-0.25, -0.2) is 4.68 Å². The molecule has 0 spiro atoms. The number of hydrogen-bond acceptors (Lipinski definition) is 5. The van der Waals surface area contributed by atoms with E-state index in [1.807, 2.05) is 36.5 Å². The van der Waals surface area contributed by atoms with E-state index in [9.17, 15) is 4.79 Å². The van der Waals surface area contributed by atoms with Crippen molar-refractivity contribution in [2.75, 3.05) is 5.32 Å². The average molecular weight is 281 g/mol. The third-order valence-electron chi connectivity index (χ3n) is 2.63. The number of carbonyl (C=O) groups excluding carboxylic acids is 1. The molecule has 21 heavy (non-hydrogen) atoms. The molecule has 2 N–H and O–H groups in total. The van der Waals surface area contributed by atoms with Gasteiger partial charge in [-0.15, -0.1) is 5.10 Å². The number of anilines is 1. The van der Waals surface area contributed by atoms with Gasteiger partial charge in [0.25, 0.3) is 11.9 Å². The number of amides is 1. The van der Waals surface area contributed by atoms with Crippen LogP contribution in [0.3, 0.4) is 0 Å². The molecule has 3 rings (SSSR count). The molecule has 8 heteroatoms. The first-order valence-electron chi connectivity index (χ1n) is 6.14. The largest absolute Gasteiger partial charge is 0.288 e. The number of nitrogens with zero attached hydrogens (tertiary/aromatic N) is 5. The zero-order chi connectivity index (χ0) is 14.5. The predicted octanol–water partition coefficient (Wildman–Crippen LogP) is 1.04.